The third kappa shape index (κ3) is 7.96. The van der Waals surface area contributed by atoms with Crippen molar-refractivity contribution in [2.24, 2.45) is 5.92 Å². The number of fused-ring (bicyclic) bond motifs is 2. The molecule has 1 saturated carbocycles. The van der Waals surface area contributed by atoms with Gasteiger partial charge in [-0.05, 0) is 90.5 Å². The minimum absolute atomic E-state index is 0.326. The number of hydrogen-bond acceptors (Lipinski definition) is 6. The van der Waals surface area contributed by atoms with Gasteiger partial charge < -0.3 is 24.8 Å². The van der Waals surface area contributed by atoms with Gasteiger partial charge in [-0.1, -0.05) is 30.5 Å². The number of carbonyl (C=O) groups is 4. The van der Waals surface area contributed by atoms with Crippen molar-refractivity contribution in [3.8, 4) is 0 Å². The molecule has 4 amide bonds. The normalized spacial score (nSPS) is 27.4. The van der Waals surface area contributed by atoms with Gasteiger partial charge in [-0.15, -0.1) is 5.73 Å². The topological polar surface area (TPSA) is 140 Å². The van der Waals surface area contributed by atoms with E-state index in [9.17, 15) is 23.7 Å². The zero-order valence-electron chi connectivity index (χ0n) is 24.9. The van der Waals surface area contributed by atoms with Gasteiger partial charge in [0.2, 0.25) is 11.8 Å². The molecule has 1 aliphatic carbocycles. The van der Waals surface area contributed by atoms with Crippen LogP contribution in [0.2, 0.25) is 0 Å². The number of carbonyl (C=O) groups excluding carboxylic acids is 4. The Morgan fingerprint density at radius 3 is 2.57 bits per heavy atom. The van der Waals surface area contributed by atoms with E-state index in [2.05, 4.69) is 21.1 Å². The second kappa shape index (κ2) is 13.4. The Labute approximate surface area is 251 Å². The van der Waals surface area contributed by atoms with Crippen LogP contribution in [0.25, 0.3) is 0 Å². The van der Waals surface area contributed by atoms with E-state index in [0.717, 1.165) is 31.2 Å². The van der Waals surface area contributed by atoms with Crippen molar-refractivity contribution in [2.75, 3.05) is 6.54 Å². The van der Waals surface area contributed by atoms with Crippen LogP contribution in [0.5, 0.6) is 0 Å². The lowest BCUT2D eigenvalue weighted by Crippen LogP contribution is -2.58. The van der Waals surface area contributed by atoms with Crippen molar-refractivity contribution in [2.45, 2.75) is 107 Å². The quantitative estimate of drug-likeness (QED) is 0.358. The Bertz CT molecular complexity index is 1240. The van der Waals surface area contributed by atoms with Gasteiger partial charge in [0.05, 0.1) is 0 Å². The standard InChI is InChI=1S/C31H42N4O6S/c1-21-15-17-23(18-16-21)42(40)34-28(38)31-20-22(31)12-9-7-5-6-8-10-13-24(32-29(39)41-30(2,3)4)27(37)35-19-11-14-25(35)26(36)33-31/h7,12,15-18,22,24-25H,5-6,8,10-11,13-14,19-20H2,1-4H3,(H,32,39)(H,33,36)(H,34,38)/t9?,22-,24+,25+,31-,42?/m1/s1. The highest BCUT2D eigenvalue weighted by atomic mass is 32.2. The summed E-state index contributed by atoms with van der Waals surface area (Å²) in [4.78, 5) is 55.5. The molecular formula is C31H42N4O6S. The summed E-state index contributed by atoms with van der Waals surface area (Å²) in [5.41, 5.74) is 2.15. The second-order valence-electron chi connectivity index (χ2n) is 12.3. The highest BCUT2D eigenvalue weighted by Gasteiger charge is 2.62. The van der Waals surface area contributed by atoms with Crippen LogP contribution >= 0.6 is 0 Å². The van der Waals surface area contributed by atoms with Crippen molar-refractivity contribution in [3.05, 3.63) is 47.7 Å². The molecule has 1 aromatic carbocycles. The number of alkyl carbamates (subject to hydrolysis) is 1. The van der Waals surface area contributed by atoms with E-state index < -0.39 is 52.5 Å². The van der Waals surface area contributed by atoms with Gasteiger partial charge in [0, 0.05) is 12.5 Å². The monoisotopic (exact) mass is 598 g/mol. The predicted molar refractivity (Wildman–Crippen MR) is 158 cm³/mol. The predicted octanol–water partition coefficient (Wildman–Crippen LogP) is 3.57. The first-order valence-corrected chi connectivity index (χ1v) is 15.9. The van der Waals surface area contributed by atoms with Crippen LogP contribution in [0.15, 0.2) is 47.0 Å². The number of hydrogen-bond donors (Lipinski definition) is 3. The summed E-state index contributed by atoms with van der Waals surface area (Å²) in [6, 6.07) is 5.39. The lowest BCUT2D eigenvalue weighted by Gasteiger charge is -2.30. The van der Waals surface area contributed by atoms with Crippen molar-refractivity contribution < 1.29 is 28.5 Å². The molecule has 10 nitrogen and oxygen atoms in total. The molecule has 2 aliphatic heterocycles. The molecular weight excluding hydrogens is 556 g/mol. The molecule has 2 heterocycles. The Morgan fingerprint density at radius 2 is 1.86 bits per heavy atom. The Balaban J connectivity index is 1.55. The smallest absolute Gasteiger partial charge is 0.408 e. The van der Waals surface area contributed by atoms with E-state index in [-0.39, 0.29) is 11.8 Å². The highest BCUT2D eigenvalue weighted by Crippen LogP contribution is 2.45. The summed E-state index contributed by atoms with van der Waals surface area (Å²) in [7, 11) is 0. The van der Waals surface area contributed by atoms with Crippen LogP contribution in [-0.2, 0) is 30.5 Å². The molecule has 0 bridgehead atoms. The van der Waals surface area contributed by atoms with Gasteiger partial charge >= 0.3 is 6.09 Å². The second-order valence-corrected chi connectivity index (χ2v) is 13.6. The molecule has 1 unspecified atom stereocenters. The number of nitrogens with zero attached hydrogens (tertiary/aromatic N) is 1. The van der Waals surface area contributed by atoms with Crippen LogP contribution in [0, 0.1) is 12.8 Å². The first kappa shape index (κ1) is 31.7. The fourth-order valence-electron chi connectivity index (χ4n) is 5.40. The van der Waals surface area contributed by atoms with Crippen LogP contribution in [0.4, 0.5) is 4.79 Å². The number of ether oxygens (including phenoxy) is 1. The average Bonchev–Trinajstić information content (AvgIpc) is 3.37. The van der Waals surface area contributed by atoms with Crippen LogP contribution in [0.1, 0.15) is 77.7 Å². The van der Waals surface area contributed by atoms with Crippen LogP contribution in [0.3, 0.4) is 0 Å². The maximum atomic E-state index is 13.7. The van der Waals surface area contributed by atoms with Gasteiger partial charge in [-0.2, -0.15) is 4.72 Å². The minimum Gasteiger partial charge on any atom is -0.588 e. The van der Waals surface area contributed by atoms with Crippen LogP contribution < -0.4 is 15.4 Å². The summed E-state index contributed by atoms with van der Waals surface area (Å²) >= 11 is -1.81. The van der Waals surface area contributed by atoms with Crippen molar-refractivity contribution >= 4 is 35.2 Å². The van der Waals surface area contributed by atoms with Gasteiger partial charge in [0.1, 0.15) is 34.6 Å². The maximum Gasteiger partial charge on any atom is 0.408 e. The maximum absolute atomic E-state index is 13.7. The van der Waals surface area contributed by atoms with Gasteiger partial charge in [0.25, 0.3) is 5.91 Å². The van der Waals surface area contributed by atoms with Gasteiger partial charge in [-0.3, -0.25) is 14.4 Å². The average molecular weight is 599 g/mol. The summed E-state index contributed by atoms with van der Waals surface area (Å²) in [5.74, 6) is -1.65. The first-order valence-electron chi connectivity index (χ1n) is 14.7. The summed E-state index contributed by atoms with van der Waals surface area (Å²) < 4.78 is 20.9. The molecule has 11 heteroatoms. The summed E-state index contributed by atoms with van der Waals surface area (Å²) in [6.45, 7) is 7.54. The van der Waals surface area contributed by atoms with Gasteiger partial charge in [0.15, 0.2) is 4.90 Å². The summed E-state index contributed by atoms with van der Waals surface area (Å²) in [6.07, 6.45) is 8.03. The molecule has 5 atom stereocenters. The number of amides is 4. The van der Waals surface area contributed by atoms with E-state index in [0.29, 0.717) is 37.1 Å². The zero-order valence-corrected chi connectivity index (χ0v) is 25.7. The zero-order chi connectivity index (χ0) is 30.5. The number of rotatable bonds is 4. The number of nitrogens with one attached hydrogen (secondary N) is 3. The summed E-state index contributed by atoms with van der Waals surface area (Å²) in [5, 5.41) is 5.65. The molecule has 3 aliphatic rings. The lowest BCUT2D eigenvalue weighted by molar-refractivity contribution is -0.141. The van der Waals surface area contributed by atoms with E-state index >= 15 is 0 Å². The molecule has 0 spiro atoms. The molecule has 3 N–H and O–H groups in total. The van der Waals surface area contributed by atoms with Crippen molar-refractivity contribution in [3.63, 3.8) is 0 Å². The van der Waals surface area contributed by atoms with E-state index in [1.165, 1.54) is 4.90 Å². The highest BCUT2D eigenvalue weighted by molar-refractivity contribution is 7.90. The van der Waals surface area contributed by atoms with E-state index in [1.807, 2.05) is 25.1 Å². The van der Waals surface area contributed by atoms with E-state index in [4.69, 9.17) is 4.74 Å². The molecule has 1 aromatic rings. The minimum atomic E-state index is -1.81. The van der Waals surface area contributed by atoms with Gasteiger partial charge in [-0.25, -0.2) is 4.79 Å². The first-order chi connectivity index (χ1) is 19.9. The number of benzene rings is 1. The molecule has 0 radical (unpaired) electrons. The third-order valence-electron chi connectivity index (χ3n) is 7.77. The number of aryl methyl sites for hydroxylation is 1. The molecule has 42 heavy (non-hydrogen) atoms. The van der Waals surface area contributed by atoms with Crippen LogP contribution in [-0.4, -0.2) is 63.0 Å². The SMILES string of the molecule is Cc1ccc([S+]([O-])NC(=O)[C@@]23C[C@H]2C=C=CCCCCC[C@H](NC(=O)OC(C)(C)C)C(=O)N2CCC[C@H]2C(=O)N3)cc1. The van der Waals surface area contributed by atoms with Crippen molar-refractivity contribution in [1.82, 2.24) is 20.3 Å². The van der Waals surface area contributed by atoms with Crippen molar-refractivity contribution in [1.29, 1.82) is 0 Å². The molecule has 0 aromatic heterocycles. The molecule has 1 saturated heterocycles. The fourth-order valence-corrected chi connectivity index (χ4v) is 6.25. The largest absolute Gasteiger partial charge is 0.588 e. The molecule has 2 fully saturated rings. The molecule has 4 rings (SSSR count). The Morgan fingerprint density at radius 1 is 1.12 bits per heavy atom. The fraction of sp³-hybridized carbons (Fsp3) is 0.581. The lowest BCUT2D eigenvalue weighted by atomic mass is 10.0. The molecule has 228 valence electrons. The van der Waals surface area contributed by atoms with E-state index in [1.54, 1.807) is 39.0 Å². The third-order valence-corrected chi connectivity index (χ3v) is 8.84. The Hall–Kier alpha value is -3.27. The Kier molecular flexibility index (Phi) is 10.1.